The van der Waals surface area contributed by atoms with Crippen molar-refractivity contribution in [3.8, 4) is 0 Å². The molecule has 0 aromatic carbocycles. The molecule has 0 spiro atoms. The largest absolute Gasteiger partial charge is 0.309 e. The molecule has 0 amide bonds. The zero-order valence-corrected chi connectivity index (χ0v) is 13.9. The maximum atomic E-state index is 4.71. The smallest absolute Gasteiger partial charge is 0.0765 e. The van der Waals surface area contributed by atoms with Crippen molar-refractivity contribution < 1.29 is 0 Å². The van der Waals surface area contributed by atoms with Crippen LogP contribution in [0, 0.1) is 0 Å². The molecule has 1 saturated heterocycles. The number of rotatable bonds is 4. The zero-order chi connectivity index (χ0) is 15.0. The summed E-state index contributed by atoms with van der Waals surface area (Å²) in [6.45, 7) is 16.6. The van der Waals surface area contributed by atoms with E-state index >= 15 is 0 Å². The summed E-state index contributed by atoms with van der Waals surface area (Å²) >= 11 is 0. The molecule has 0 saturated carbocycles. The number of aromatic nitrogens is 2. The number of nitrogens with zero attached hydrogens (tertiary/aromatic N) is 3. The first-order chi connectivity index (χ1) is 9.26. The first-order valence-corrected chi connectivity index (χ1v) is 7.80. The Morgan fingerprint density at radius 2 is 2.05 bits per heavy atom. The average molecular weight is 278 g/mol. The van der Waals surface area contributed by atoms with E-state index in [1.807, 2.05) is 4.68 Å². The maximum absolute atomic E-state index is 4.71. The van der Waals surface area contributed by atoms with Gasteiger partial charge in [-0.2, -0.15) is 5.10 Å². The van der Waals surface area contributed by atoms with Gasteiger partial charge < -0.3 is 5.32 Å². The van der Waals surface area contributed by atoms with Crippen molar-refractivity contribution in [3.05, 3.63) is 18.0 Å². The molecule has 1 aliphatic heterocycles. The lowest BCUT2D eigenvalue weighted by Gasteiger charge is -2.51. The minimum Gasteiger partial charge on any atom is -0.309 e. The predicted molar refractivity (Wildman–Crippen MR) is 83.8 cm³/mol. The van der Waals surface area contributed by atoms with Crippen LogP contribution in [0.2, 0.25) is 0 Å². The highest BCUT2D eigenvalue weighted by atomic mass is 15.3. The second-order valence-corrected chi connectivity index (χ2v) is 7.32. The van der Waals surface area contributed by atoms with Crippen LogP contribution in [0.5, 0.6) is 0 Å². The average Bonchev–Trinajstić information content (AvgIpc) is 2.83. The van der Waals surface area contributed by atoms with Gasteiger partial charge in [0, 0.05) is 43.0 Å². The molecule has 20 heavy (non-hydrogen) atoms. The lowest BCUT2D eigenvalue weighted by Crippen LogP contribution is -2.66. The van der Waals surface area contributed by atoms with E-state index in [4.69, 9.17) is 5.10 Å². The van der Waals surface area contributed by atoms with Crippen molar-refractivity contribution in [3.63, 3.8) is 0 Å². The van der Waals surface area contributed by atoms with Crippen molar-refractivity contribution >= 4 is 0 Å². The van der Waals surface area contributed by atoms with Crippen molar-refractivity contribution in [2.24, 2.45) is 0 Å². The van der Waals surface area contributed by atoms with Gasteiger partial charge >= 0.3 is 0 Å². The van der Waals surface area contributed by atoms with Crippen molar-refractivity contribution in [1.29, 1.82) is 0 Å². The zero-order valence-electron chi connectivity index (χ0n) is 13.9. The molecule has 0 radical (unpaired) electrons. The van der Waals surface area contributed by atoms with E-state index in [2.05, 4.69) is 64.0 Å². The molecule has 114 valence electrons. The van der Waals surface area contributed by atoms with Crippen LogP contribution in [0.15, 0.2) is 12.3 Å². The molecule has 1 aromatic heterocycles. The van der Waals surface area contributed by atoms with Crippen LogP contribution >= 0.6 is 0 Å². The Balaban J connectivity index is 2.14. The van der Waals surface area contributed by atoms with E-state index < -0.39 is 0 Å². The van der Waals surface area contributed by atoms with E-state index in [1.165, 1.54) is 5.69 Å². The first kappa shape index (κ1) is 15.5. The minimum atomic E-state index is 0.176. The van der Waals surface area contributed by atoms with Gasteiger partial charge in [-0.15, -0.1) is 0 Å². The Morgan fingerprint density at radius 3 is 2.60 bits per heavy atom. The summed E-state index contributed by atoms with van der Waals surface area (Å²) in [5.74, 6) is 0. The summed E-state index contributed by atoms with van der Waals surface area (Å²) in [5.41, 5.74) is 1.57. The Labute approximate surface area is 123 Å². The highest BCUT2D eigenvalue weighted by Crippen LogP contribution is 2.28. The molecule has 1 unspecified atom stereocenters. The molecular weight excluding hydrogens is 248 g/mol. The van der Waals surface area contributed by atoms with E-state index in [0.717, 1.165) is 26.1 Å². The molecule has 2 rings (SSSR count). The number of hydrogen-bond donors (Lipinski definition) is 1. The number of nitrogens with one attached hydrogen (secondary N) is 1. The maximum Gasteiger partial charge on any atom is 0.0765 e. The molecule has 2 heterocycles. The topological polar surface area (TPSA) is 33.1 Å². The third kappa shape index (κ3) is 3.23. The fourth-order valence-electron chi connectivity index (χ4n) is 2.81. The van der Waals surface area contributed by atoms with Crippen molar-refractivity contribution in [2.75, 3.05) is 13.1 Å². The molecule has 0 bridgehead atoms. The van der Waals surface area contributed by atoms with Gasteiger partial charge in [0.05, 0.1) is 5.69 Å². The summed E-state index contributed by atoms with van der Waals surface area (Å²) in [4.78, 5) is 2.59. The van der Waals surface area contributed by atoms with E-state index in [0.29, 0.717) is 6.04 Å². The molecule has 4 heteroatoms. The van der Waals surface area contributed by atoms with Gasteiger partial charge in [-0.3, -0.25) is 9.58 Å². The molecule has 1 fully saturated rings. The number of piperazine rings is 1. The van der Waals surface area contributed by atoms with Gasteiger partial charge in [0.2, 0.25) is 0 Å². The lowest BCUT2D eigenvalue weighted by molar-refractivity contribution is 0.0164. The van der Waals surface area contributed by atoms with Gasteiger partial charge in [0.25, 0.3) is 0 Å². The normalized spacial score (nSPS) is 27.1. The van der Waals surface area contributed by atoms with Crippen molar-refractivity contribution in [2.45, 2.75) is 71.6 Å². The van der Waals surface area contributed by atoms with Gasteiger partial charge in [0.1, 0.15) is 0 Å². The van der Waals surface area contributed by atoms with Crippen LogP contribution in [0.4, 0.5) is 0 Å². The summed E-state index contributed by atoms with van der Waals surface area (Å²) in [5, 5.41) is 8.38. The summed E-state index contributed by atoms with van der Waals surface area (Å²) in [6, 6.07) is 2.59. The Morgan fingerprint density at radius 1 is 1.35 bits per heavy atom. The van der Waals surface area contributed by atoms with Crippen LogP contribution in [0.3, 0.4) is 0 Å². The van der Waals surface area contributed by atoms with E-state index in [-0.39, 0.29) is 11.1 Å². The molecule has 1 atom stereocenters. The highest BCUT2D eigenvalue weighted by Gasteiger charge is 2.39. The standard InChI is InChI=1S/C16H30N4/c1-7-16(6)11-17-15(4,5)12-19(16)10-14-8-9-20(18-14)13(2)3/h8-9,13,17H,7,10-12H2,1-6H3. The Hall–Kier alpha value is -0.870. The van der Waals surface area contributed by atoms with Crippen LogP contribution in [0.25, 0.3) is 0 Å². The Kier molecular flexibility index (Phi) is 4.26. The van der Waals surface area contributed by atoms with Crippen LogP contribution < -0.4 is 5.32 Å². The van der Waals surface area contributed by atoms with E-state index in [9.17, 15) is 0 Å². The first-order valence-electron chi connectivity index (χ1n) is 7.80. The highest BCUT2D eigenvalue weighted by molar-refractivity contribution is 5.05. The third-order valence-corrected chi connectivity index (χ3v) is 4.60. The molecule has 0 aliphatic carbocycles. The third-order valence-electron chi connectivity index (χ3n) is 4.60. The lowest BCUT2D eigenvalue weighted by atomic mass is 9.88. The SMILES string of the molecule is CCC1(C)CNC(C)(C)CN1Cc1ccn(C(C)C)n1. The minimum absolute atomic E-state index is 0.176. The monoisotopic (exact) mass is 278 g/mol. The number of hydrogen-bond acceptors (Lipinski definition) is 3. The van der Waals surface area contributed by atoms with Crippen LogP contribution in [0.1, 0.15) is 59.7 Å². The van der Waals surface area contributed by atoms with Crippen LogP contribution in [-0.4, -0.2) is 38.8 Å². The molecule has 1 aromatic rings. The summed E-state index contributed by atoms with van der Waals surface area (Å²) in [7, 11) is 0. The molecular formula is C16H30N4. The van der Waals surface area contributed by atoms with E-state index in [1.54, 1.807) is 0 Å². The molecule has 1 aliphatic rings. The fourth-order valence-corrected chi connectivity index (χ4v) is 2.81. The fraction of sp³-hybridized carbons (Fsp3) is 0.812. The second kappa shape index (κ2) is 5.49. The van der Waals surface area contributed by atoms with Gasteiger partial charge in [-0.05, 0) is 47.1 Å². The quantitative estimate of drug-likeness (QED) is 0.919. The predicted octanol–water partition coefficient (Wildman–Crippen LogP) is 2.82. The summed E-state index contributed by atoms with van der Waals surface area (Å²) in [6.07, 6.45) is 3.25. The molecule has 4 nitrogen and oxygen atoms in total. The second-order valence-electron chi connectivity index (χ2n) is 7.32. The Bertz CT molecular complexity index is 449. The molecule has 1 N–H and O–H groups in total. The van der Waals surface area contributed by atoms with Gasteiger partial charge in [-0.25, -0.2) is 0 Å². The van der Waals surface area contributed by atoms with Crippen LogP contribution in [-0.2, 0) is 6.54 Å². The van der Waals surface area contributed by atoms with Crippen molar-refractivity contribution in [1.82, 2.24) is 20.0 Å². The van der Waals surface area contributed by atoms with Gasteiger partial charge in [-0.1, -0.05) is 6.92 Å². The summed E-state index contributed by atoms with van der Waals surface area (Å²) < 4.78 is 2.05. The van der Waals surface area contributed by atoms with Gasteiger partial charge in [0.15, 0.2) is 0 Å².